The van der Waals surface area contributed by atoms with Gasteiger partial charge in [-0.15, -0.1) is 0 Å². The normalized spacial score (nSPS) is 22.6. The molecule has 0 saturated heterocycles. The molecule has 96 valence electrons. The number of phenolic OH excluding ortho intramolecular Hbond substituents is 1. The van der Waals surface area contributed by atoms with E-state index in [-0.39, 0.29) is 0 Å². The van der Waals surface area contributed by atoms with Crippen molar-refractivity contribution in [1.29, 1.82) is 0 Å². The summed E-state index contributed by atoms with van der Waals surface area (Å²) in [5.74, 6) is 1.16. The lowest BCUT2D eigenvalue weighted by atomic mass is 10.0. The van der Waals surface area contributed by atoms with Gasteiger partial charge in [0.1, 0.15) is 18.1 Å². The summed E-state index contributed by atoms with van der Waals surface area (Å²) >= 11 is 0. The third kappa shape index (κ3) is 3.39. The van der Waals surface area contributed by atoms with Gasteiger partial charge in [-0.2, -0.15) is 0 Å². The first-order valence-corrected chi connectivity index (χ1v) is 6.41. The van der Waals surface area contributed by atoms with Crippen molar-refractivity contribution in [2.24, 2.45) is 0 Å². The Morgan fingerprint density at radius 1 is 1.11 bits per heavy atom. The summed E-state index contributed by atoms with van der Waals surface area (Å²) in [4.78, 5) is 0. The molecule has 0 aliphatic carbocycles. The first-order chi connectivity index (χ1) is 8.65. The fraction of sp³-hybridized carbons (Fsp3) is 0.375. The van der Waals surface area contributed by atoms with Gasteiger partial charge in [0.05, 0.1) is 0 Å². The third-order valence-electron chi connectivity index (χ3n) is 3.22. The van der Waals surface area contributed by atoms with Gasteiger partial charge in [-0.05, 0) is 56.9 Å². The Bertz CT molecular complexity index is 484. The zero-order chi connectivity index (χ0) is 13.0. The van der Waals surface area contributed by atoms with E-state index in [1.165, 1.54) is 11.1 Å². The Labute approximate surface area is 109 Å². The molecule has 0 fully saturated rings. The summed E-state index contributed by atoms with van der Waals surface area (Å²) in [5.41, 5.74) is 3.54. The van der Waals surface area contributed by atoms with Gasteiger partial charge in [0.15, 0.2) is 0 Å². The SMILES string of the molecule is C/C1=C\Cc2cc(ccc2O)OC/C(C)=C/CC1. The van der Waals surface area contributed by atoms with E-state index in [2.05, 4.69) is 26.0 Å². The van der Waals surface area contributed by atoms with Crippen LogP contribution in [0.15, 0.2) is 41.5 Å². The van der Waals surface area contributed by atoms with Gasteiger partial charge in [-0.1, -0.05) is 17.7 Å². The number of phenols is 1. The van der Waals surface area contributed by atoms with Crippen molar-refractivity contribution in [2.75, 3.05) is 6.61 Å². The first-order valence-electron chi connectivity index (χ1n) is 6.41. The van der Waals surface area contributed by atoms with Crippen LogP contribution in [0.4, 0.5) is 0 Å². The van der Waals surface area contributed by atoms with Crippen molar-refractivity contribution < 1.29 is 9.84 Å². The molecular weight excluding hydrogens is 224 g/mol. The molecule has 0 spiro atoms. The zero-order valence-corrected chi connectivity index (χ0v) is 11.1. The number of hydrogen-bond acceptors (Lipinski definition) is 2. The van der Waals surface area contributed by atoms with E-state index in [1.807, 2.05) is 12.1 Å². The summed E-state index contributed by atoms with van der Waals surface area (Å²) in [7, 11) is 0. The van der Waals surface area contributed by atoms with E-state index in [4.69, 9.17) is 4.74 Å². The molecule has 18 heavy (non-hydrogen) atoms. The predicted molar refractivity (Wildman–Crippen MR) is 74.1 cm³/mol. The van der Waals surface area contributed by atoms with E-state index in [1.54, 1.807) is 6.07 Å². The number of aromatic hydroxyl groups is 1. The fourth-order valence-corrected chi connectivity index (χ4v) is 2.00. The largest absolute Gasteiger partial charge is 0.508 e. The van der Waals surface area contributed by atoms with Crippen molar-refractivity contribution in [3.8, 4) is 11.5 Å². The van der Waals surface area contributed by atoms with Gasteiger partial charge < -0.3 is 9.84 Å². The lowest BCUT2D eigenvalue weighted by Crippen LogP contribution is -2.00. The number of hydrogen-bond donors (Lipinski definition) is 1. The minimum atomic E-state index is 0.343. The van der Waals surface area contributed by atoms with Crippen LogP contribution in [0.5, 0.6) is 11.5 Å². The minimum Gasteiger partial charge on any atom is -0.508 e. The number of rotatable bonds is 0. The number of ether oxygens (including phenoxy) is 1. The minimum absolute atomic E-state index is 0.343. The van der Waals surface area contributed by atoms with Crippen LogP contribution >= 0.6 is 0 Å². The molecule has 2 heteroatoms. The lowest BCUT2D eigenvalue weighted by Gasteiger charge is -2.11. The average Bonchev–Trinajstić information content (AvgIpc) is 2.35. The summed E-state index contributed by atoms with van der Waals surface area (Å²) in [6, 6.07) is 5.45. The second kappa shape index (κ2) is 5.76. The molecule has 1 aromatic carbocycles. The predicted octanol–water partition coefficient (Wildman–Crippen LogP) is 4.00. The van der Waals surface area contributed by atoms with Crippen molar-refractivity contribution in [3.63, 3.8) is 0 Å². The van der Waals surface area contributed by atoms with Crippen molar-refractivity contribution in [2.45, 2.75) is 33.1 Å². The van der Waals surface area contributed by atoms with E-state index >= 15 is 0 Å². The smallest absolute Gasteiger partial charge is 0.120 e. The highest BCUT2D eigenvalue weighted by molar-refractivity contribution is 5.40. The van der Waals surface area contributed by atoms with Gasteiger partial charge in [0, 0.05) is 5.56 Å². The number of allylic oxidation sites excluding steroid dienone is 3. The van der Waals surface area contributed by atoms with Crippen molar-refractivity contribution in [1.82, 2.24) is 0 Å². The summed E-state index contributed by atoms with van der Waals surface area (Å²) in [5, 5.41) is 9.82. The van der Waals surface area contributed by atoms with Crippen LogP contribution in [-0.2, 0) is 6.42 Å². The Morgan fingerprint density at radius 2 is 1.94 bits per heavy atom. The Morgan fingerprint density at radius 3 is 2.78 bits per heavy atom. The van der Waals surface area contributed by atoms with Crippen LogP contribution in [0.3, 0.4) is 0 Å². The quantitative estimate of drug-likeness (QED) is 0.699. The maximum atomic E-state index is 9.82. The lowest BCUT2D eigenvalue weighted by molar-refractivity contribution is 0.350. The van der Waals surface area contributed by atoms with Crippen LogP contribution in [0, 0.1) is 0 Å². The highest BCUT2D eigenvalue weighted by Gasteiger charge is 2.04. The highest BCUT2D eigenvalue weighted by atomic mass is 16.5. The molecular formula is C16H20O2. The summed E-state index contributed by atoms with van der Waals surface area (Å²) in [6.45, 7) is 4.85. The van der Waals surface area contributed by atoms with Crippen LogP contribution in [-0.4, -0.2) is 11.7 Å². The molecule has 2 bridgehead atoms. The van der Waals surface area contributed by atoms with Crippen molar-refractivity contribution in [3.05, 3.63) is 47.1 Å². The third-order valence-corrected chi connectivity index (χ3v) is 3.22. The molecule has 0 unspecified atom stereocenters. The standard InChI is InChI=1S/C16H20O2/c1-12-4-3-5-13(2)11-18-15-8-9-16(17)14(10-15)7-6-12/h5-6,8-10,17H,3-4,7,11H2,1-2H3/b12-6+,13-5+. The summed E-state index contributed by atoms with van der Waals surface area (Å²) in [6.07, 6.45) is 7.30. The Kier molecular flexibility index (Phi) is 4.08. The molecule has 0 saturated carbocycles. The molecule has 0 aromatic heterocycles. The molecule has 1 aromatic rings. The van der Waals surface area contributed by atoms with E-state index < -0.39 is 0 Å². The number of benzene rings is 1. The molecule has 1 heterocycles. The van der Waals surface area contributed by atoms with Crippen molar-refractivity contribution >= 4 is 0 Å². The van der Waals surface area contributed by atoms with E-state index in [0.717, 1.165) is 30.6 Å². The van der Waals surface area contributed by atoms with Crippen LogP contribution in [0.1, 0.15) is 32.3 Å². The second-order valence-electron chi connectivity index (χ2n) is 4.92. The van der Waals surface area contributed by atoms with Crippen LogP contribution in [0.25, 0.3) is 0 Å². The topological polar surface area (TPSA) is 29.5 Å². The Balaban J connectivity index is 2.30. The van der Waals surface area contributed by atoms with Gasteiger partial charge in [-0.25, -0.2) is 0 Å². The molecule has 2 nitrogen and oxygen atoms in total. The maximum Gasteiger partial charge on any atom is 0.120 e. The van der Waals surface area contributed by atoms with Crippen LogP contribution < -0.4 is 4.74 Å². The monoisotopic (exact) mass is 244 g/mol. The highest BCUT2D eigenvalue weighted by Crippen LogP contribution is 2.25. The fourth-order valence-electron chi connectivity index (χ4n) is 2.00. The molecule has 1 N–H and O–H groups in total. The van der Waals surface area contributed by atoms with Gasteiger partial charge in [-0.3, -0.25) is 0 Å². The van der Waals surface area contributed by atoms with Gasteiger partial charge in [0.25, 0.3) is 0 Å². The van der Waals surface area contributed by atoms with E-state index in [9.17, 15) is 5.11 Å². The summed E-state index contributed by atoms with van der Waals surface area (Å²) < 4.78 is 5.71. The Hall–Kier alpha value is -1.70. The van der Waals surface area contributed by atoms with Gasteiger partial charge >= 0.3 is 0 Å². The molecule has 0 atom stereocenters. The molecule has 1 aliphatic heterocycles. The molecule has 0 radical (unpaired) electrons. The maximum absolute atomic E-state index is 9.82. The van der Waals surface area contributed by atoms with Crippen LogP contribution in [0.2, 0.25) is 0 Å². The number of fused-ring (bicyclic) bond motifs is 2. The zero-order valence-electron chi connectivity index (χ0n) is 11.1. The molecule has 0 amide bonds. The average molecular weight is 244 g/mol. The van der Waals surface area contributed by atoms with Gasteiger partial charge in [0.2, 0.25) is 0 Å². The first kappa shape index (κ1) is 12.7. The van der Waals surface area contributed by atoms with E-state index in [0.29, 0.717) is 12.4 Å². The molecule has 2 rings (SSSR count). The molecule has 1 aliphatic rings. The second-order valence-corrected chi connectivity index (χ2v) is 4.92.